The third-order valence-corrected chi connectivity index (χ3v) is 3.78. The minimum Gasteiger partial charge on any atom is -0.488 e. The first-order valence-corrected chi connectivity index (χ1v) is 6.95. The first kappa shape index (κ1) is 13.4. The minimum absolute atomic E-state index is 0.113. The fraction of sp³-hybridized carbons (Fsp3) is 0.167. The van der Waals surface area contributed by atoms with E-state index in [1.165, 1.54) is 0 Å². The highest BCUT2D eigenvalue weighted by atomic mass is 16.5. The summed E-state index contributed by atoms with van der Waals surface area (Å²) < 4.78 is 5.62. The van der Waals surface area contributed by atoms with Crippen molar-refractivity contribution >= 4 is 17.7 Å². The second kappa shape index (κ2) is 5.44. The monoisotopic (exact) mass is 279 g/mol. The molecule has 0 saturated heterocycles. The number of ether oxygens (including phenoxy) is 1. The third-order valence-electron chi connectivity index (χ3n) is 3.78. The summed E-state index contributed by atoms with van der Waals surface area (Å²) in [6.45, 7) is 4.34. The summed E-state index contributed by atoms with van der Waals surface area (Å²) >= 11 is 0. The van der Waals surface area contributed by atoms with Crippen molar-refractivity contribution in [1.29, 1.82) is 0 Å². The predicted molar refractivity (Wildman–Crippen MR) is 84.5 cm³/mol. The van der Waals surface area contributed by atoms with E-state index >= 15 is 0 Å². The molecule has 1 heterocycles. The minimum atomic E-state index is -0.113. The number of para-hydroxylation sites is 1. The molecule has 0 radical (unpaired) electrons. The van der Waals surface area contributed by atoms with Crippen LogP contribution in [0.2, 0.25) is 0 Å². The molecule has 1 aliphatic rings. The zero-order chi connectivity index (χ0) is 14.8. The van der Waals surface area contributed by atoms with Crippen molar-refractivity contribution in [3.63, 3.8) is 0 Å². The Balaban J connectivity index is 1.84. The van der Waals surface area contributed by atoms with Crippen LogP contribution in [-0.4, -0.2) is 12.5 Å². The molecule has 1 aliphatic heterocycles. The SMILES string of the molecule is Cc1cccc(NC(=O)C2=Cc3ccccc3OC2)c1C. The number of carbonyl (C=O) groups excluding carboxylic acids is 1. The first-order valence-electron chi connectivity index (χ1n) is 6.95. The number of fused-ring (bicyclic) bond motifs is 1. The standard InChI is InChI=1S/C18H17NO2/c1-12-6-5-8-16(13(12)2)19-18(20)15-10-14-7-3-4-9-17(14)21-11-15/h3-10H,11H2,1-2H3,(H,19,20). The summed E-state index contributed by atoms with van der Waals surface area (Å²) in [5.74, 6) is 0.707. The van der Waals surface area contributed by atoms with Gasteiger partial charge in [-0.15, -0.1) is 0 Å². The summed E-state index contributed by atoms with van der Waals surface area (Å²) in [5.41, 5.74) is 4.67. The van der Waals surface area contributed by atoms with Crippen LogP contribution in [0.3, 0.4) is 0 Å². The number of amides is 1. The molecule has 0 unspecified atom stereocenters. The maximum atomic E-state index is 12.4. The molecule has 0 aliphatic carbocycles. The number of anilines is 1. The molecule has 106 valence electrons. The zero-order valence-corrected chi connectivity index (χ0v) is 12.1. The molecular formula is C18H17NO2. The van der Waals surface area contributed by atoms with Crippen molar-refractivity contribution in [2.45, 2.75) is 13.8 Å². The molecule has 2 aromatic rings. The van der Waals surface area contributed by atoms with Crippen LogP contribution in [0.1, 0.15) is 16.7 Å². The second-order valence-electron chi connectivity index (χ2n) is 5.20. The van der Waals surface area contributed by atoms with Gasteiger partial charge < -0.3 is 10.1 Å². The van der Waals surface area contributed by atoms with Crippen LogP contribution in [0.15, 0.2) is 48.0 Å². The average Bonchev–Trinajstić information content (AvgIpc) is 2.51. The maximum Gasteiger partial charge on any atom is 0.255 e. The van der Waals surface area contributed by atoms with E-state index in [-0.39, 0.29) is 5.91 Å². The quantitative estimate of drug-likeness (QED) is 0.910. The molecule has 0 atom stereocenters. The van der Waals surface area contributed by atoms with Crippen LogP contribution < -0.4 is 10.1 Å². The molecule has 3 heteroatoms. The molecule has 21 heavy (non-hydrogen) atoms. The number of carbonyl (C=O) groups is 1. The Morgan fingerprint density at radius 1 is 1.10 bits per heavy atom. The molecule has 0 saturated carbocycles. The van der Waals surface area contributed by atoms with E-state index in [4.69, 9.17) is 4.74 Å². The summed E-state index contributed by atoms with van der Waals surface area (Å²) in [4.78, 5) is 12.4. The van der Waals surface area contributed by atoms with Gasteiger partial charge in [-0.25, -0.2) is 0 Å². The van der Waals surface area contributed by atoms with Crippen molar-refractivity contribution in [2.75, 3.05) is 11.9 Å². The Bertz CT molecular complexity index is 732. The molecule has 1 amide bonds. The molecule has 1 N–H and O–H groups in total. The van der Waals surface area contributed by atoms with Gasteiger partial charge in [0.2, 0.25) is 0 Å². The van der Waals surface area contributed by atoms with E-state index in [9.17, 15) is 4.79 Å². The zero-order valence-electron chi connectivity index (χ0n) is 12.1. The highest BCUT2D eigenvalue weighted by Crippen LogP contribution is 2.26. The van der Waals surface area contributed by atoms with Gasteiger partial charge in [-0.2, -0.15) is 0 Å². The van der Waals surface area contributed by atoms with E-state index in [2.05, 4.69) is 5.32 Å². The van der Waals surface area contributed by atoms with Crippen LogP contribution in [0.25, 0.3) is 6.08 Å². The van der Waals surface area contributed by atoms with Gasteiger partial charge in [0, 0.05) is 11.3 Å². The Kier molecular flexibility index (Phi) is 3.48. The molecule has 3 nitrogen and oxygen atoms in total. The Labute approximate surface area is 124 Å². The Morgan fingerprint density at radius 2 is 1.90 bits per heavy atom. The van der Waals surface area contributed by atoms with Gasteiger partial charge in [0.1, 0.15) is 12.4 Å². The molecule has 3 rings (SSSR count). The van der Waals surface area contributed by atoms with Crippen molar-refractivity contribution in [3.05, 3.63) is 64.7 Å². The van der Waals surface area contributed by atoms with Gasteiger partial charge in [-0.05, 0) is 43.2 Å². The topological polar surface area (TPSA) is 38.3 Å². The highest BCUT2D eigenvalue weighted by molar-refractivity contribution is 6.07. The average molecular weight is 279 g/mol. The summed E-state index contributed by atoms with van der Waals surface area (Å²) in [5, 5.41) is 2.96. The first-order chi connectivity index (χ1) is 10.1. The van der Waals surface area contributed by atoms with Crippen LogP contribution >= 0.6 is 0 Å². The van der Waals surface area contributed by atoms with Crippen LogP contribution in [0.4, 0.5) is 5.69 Å². The van der Waals surface area contributed by atoms with Crippen LogP contribution in [-0.2, 0) is 4.79 Å². The van der Waals surface area contributed by atoms with Gasteiger partial charge in [-0.1, -0.05) is 30.3 Å². The number of hydrogen-bond acceptors (Lipinski definition) is 2. The molecule has 0 spiro atoms. The fourth-order valence-corrected chi connectivity index (χ4v) is 2.34. The second-order valence-corrected chi connectivity index (χ2v) is 5.20. The van der Waals surface area contributed by atoms with Gasteiger partial charge >= 0.3 is 0 Å². The lowest BCUT2D eigenvalue weighted by Gasteiger charge is -2.18. The largest absolute Gasteiger partial charge is 0.488 e. The molecular weight excluding hydrogens is 262 g/mol. The van der Waals surface area contributed by atoms with Crippen molar-refractivity contribution < 1.29 is 9.53 Å². The maximum absolute atomic E-state index is 12.4. The van der Waals surface area contributed by atoms with E-state index in [1.54, 1.807) is 0 Å². The van der Waals surface area contributed by atoms with E-state index in [0.717, 1.165) is 28.1 Å². The van der Waals surface area contributed by atoms with E-state index in [0.29, 0.717) is 12.2 Å². The van der Waals surface area contributed by atoms with Crippen LogP contribution in [0.5, 0.6) is 5.75 Å². The van der Waals surface area contributed by atoms with Gasteiger partial charge in [0.15, 0.2) is 0 Å². The lowest BCUT2D eigenvalue weighted by Crippen LogP contribution is -2.21. The molecule has 0 aromatic heterocycles. The summed E-state index contributed by atoms with van der Waals surface area (Å²) in [6, 6.07) is 13.6. The van der Waals surface area contributed by atoms with Gasteiger partial charge in [0.25, 0.3) is 5.91 Å². The van der Waals surface area contributed by atoms with E-state index < -0.39 is 0 Å². The van der Waals surface area contributed by atoms with Gasteiger partial charge in [0.05, 0.1) is 5.57 Å². The smallest absolute Gasteiger partial charge is 0.255 e. The van der Waals surface area contributed by atoms with Crippen LogP contribution in [0, 0.1) is 13.8 Å². The summed E-state index contributed by atoms with van der Waals surface area (Å²) in [6.07, 6.45) is 1.89. The summed E-state index contributed by atoms with van der Waals surface area (Å²) in [7, 11) is 0. The predicted octanol–water partition coefficient (Wildman–Crippen LogP) is 3.72. The number of benzene rings is 2. The Morgan fingerprint density at radius 3 is 2.76 bits per heavy atom. The lowest BCUT2D eigenvalue weighted by atomic mass is 10.1. The molecule has 0 fully saturated rings. The molecule has 0 bridgehead atoms. The highest BCUT2D eigenvalue weighted by Gasteiger charge is 2.17. The Hall–Kier alpha value is -2.55. The normalized spacial score (nSPS) is 13.0. The van der Waals surface area contributed by atoms with E-state index in [1.807, 2.05) is 62.4 Å². The third kappa shape index (κ3) is 2.68. The molecule has 2 aromatic carbocycles. The van der Waals surface area contributed by atoms with Crippen molar-refractivity contribution in [3.8, 4) is 5.75 Å². The fourth-order valence-electron chi connectivity index (χ4n) is 2.34. The van der Waals surface area contributed by atoms with Gasteiger partial charge in [-0.3, -0.25) is 4.79 Å². The van der Waals surface area contributed by atoms with Crippen molar-refractivity contribution in [2.24, 2.45) is 0 Å². The number of nitrogens with one attached hydrogen (secondary N) is 1. The number of hydrogen-bond donors (Lipinski definition) is 1. The van der Waals surface area contributed by atoms with Crippen molar-refractivity contribution in [1.82, 2.24) is 0 Å². The number of rotatable bonds is 2. The lowest BCUT2D eigenvalue weighted by molar-refractivity contribution is -0.113. The number of aryl methyl sites for hydroxylation is 1.